The highest BCUT2D eigenvalue weighted by Crippen LogP contribution is 2.35. The topological polar surface area (TPSA) is 0 Å². The van der Waals surface area contributed by atoms with Crippen molar-refractivity contribution in [2.75, 3.05) is 0 Å². The zero-order chi connectivity index (χ0) is 24.2. The van der Waals surface area contributed by atoms with Gasteiger partial charge in [0, 0.05) is 13.4 Å². The van der Waals surface area contributed by atoms with Crippen LogP contribution in [0.1, 0.15) is 11.1 Å². The third-order valence-corrected chi connectivity index (χ3v) is 10.0. The molecule has 0 spiro atoms. The third-order valence-electron chi connectivity index (χ3n) is 5.85. The molecule has 0 radical (unpaired) electrons. The van der Waals surface area contributed by atoms with Crippen molar-refractivity contribution >= 4 is 45.2 Å². The quantitative estimate of drug-likeness (QED) is 0.138. The molecule has 0 fully saturated rings. The number of benzene rings is 5. The van der Waals surface area contributed by atoms with E-state index in [2.05, 4.69) is 158 Å². The second kappa shape index (κ2) is 11.1. The molecule has 0 nitrogen and oxygen atoms in total. The summed E-state index contributed by atoms with van der Waals surface area (Å²) in [5.41, 5.74) is 5.13. The van der Waals surface area contributed by atoms with Crippen LogP contribution in [0.25, 0.3) is 11.1 Å². The SMILES string of the molecule is Cc1ccc([S+](c2ccc(C)cc2)c2ccc(Sc3ccc(-c4ccccc4I)cc3)cc2)cc1. The summed E-state index contributed by atoms with van der Waals surface area (Å²) < 4.78 is 1.28. The van der Waals surface area contributed by atoms with Gasteiger partial charge in [-0.15, -0.1) is 0 Å². The molecule has 0 aromatic heterocycles. The molecule has 5 aromatic rings. The van der Waals surface area contributed by atoms with Gasteiger partial charge in [-0.25, -0.2) is 0 Å². The van der Waals surface area contributed by atoms with Gasteiger partial charge in [0.15, 0.2) is 14.7 Å². The molecule has 172 valence electrons. The van der Waals surface area contributed by atoms with Gasteiger partial charge in [-0.3, -0.25) is 0 Å². The van der Waals surface area contributed by atoms with Crippen LogP contribution in [0.3, 0.4) is 0 Å². The highest BCUT2D eigenvalue weighted by atomic mass is 127. The van der Waals surface area contributed by atoms with Gasteiger partial charge in [0.1, 0.15) is 0 Å². The maximum absolute atomic E-state index is 2.41. The summed E-state index contributed by atoms with van der Waals surface area (Å²) in [6.07, 6.45) is 0. The fourth-order valence-corrected chi connectivity index (χ4v) is 7.49. The largest absolute Gasteiger partial charge is 0.166 e. The number of halogens is 1. The molecule has 5 aromatic carbocycles. The Kier molecular flexibility index (Phi) is 7.66. The monoisotopic (exact) mass is 601 g/mol. The third kappa shape index (κ3) is 5.85. The zero-order valence-corrected chi connectivity index (χ0v) is 23.5. The first-order valence-electron chi connectivity index (χ1n) is 11.6. The molecule has 0 saturated carbocycles. The van der Waals surface area contributed by atoms with Crippen LogP contribution in [-0.2, 0) is 10.9 Å². The van der Waals surface area contributed by atoms with E-state index in [0.717, 1.165) is 0 Å². The van der Waals surface area contributed by atoms with E-state index >= 15 is 0 Å². The molecule has 3 heteroatoms. The minimum Gasteiger partial charge on any atom is -0.0901 e. The van der Waals surface area contributed by atoms with Crippen LogP contribution in [0, 0.1) is 17.4 Å². The van der Waals surface area contributed by atoms with E-state index in [4.69, 9.17) is 0 Å². The second-order valence-electron chi connectivity index (χ2n) is 8.51. The zero-order valence-electron chi connectivity index (χ0n) is 19.7. The Bertz CT molecular complexity index is 1360. The molecule has 0 aliphatic carbocycles. The van der Waals surface area contributed by atoms with Gasteiger partial charge in [0.2, 0.25) is 0 Å². The molecule has 0 atom stereocenters. The predicted octanol–water partition coefficient (Wildman–Crippen LogP) is 9.82. The first-order chi connectivity index (χ1) is 17.1. The summed E-state index contributed by atoms with van der Waals surface area (Å²) in [7, 11) is -0.122. The fraction of sp³-hybridized carbons (Fsp3) is 0.0625. The van der Waals surface area contributed by atoms with Crippen LogP contribution in [0.15, 0.2) is 146 Å². The molecular weight excluding hydrogens is 575 g/mol. The van der Waals surface area contributed by atoms with E-state index in [0.29, 0.717) is 0 Å². The van der Waals surface area contributed by atoms with Crippen LogP contribution in [-0.4, -0.2) is 0 Å². The highest BCUT2D eigenvalue weighted by molar-refractivity contribution is 14.1. The van der Waals surface area contributed by atoms with E-state index in [1.54, 1.807) is 0 Å². The molecule has 0 saturated heterocycles. The molecule has 0 amide bonds. The van der Waals surface area contributed by atoms with Gasteiger partial charge in [-0.05, 0) is 114 Å². The summed E-state index contributed by atoms with van der Waals surface area (Å²) in [5.74, 6) is 0. The normalized spacial score (nSPS) is 11.1. The molecule has 0 heterocycles. The van der Waals surface area contributed by atoms with Crippen molar-refractivity contribution in [1.82, 2.24) is 0 Å². The number of hydrogen-bond acceptors (Lipinski definition) is 1. The molecule has 0 aliphatic rings. The van der Waals surface area contributed by atoms with E-state index in [-0.39, 0.29) is 10.9 Å². The number of aryl methyl sites for hydroxylation is 2. The molecule has 35 heavy (non-hydrogen) atoms. The molecule has 0 unspecified atom stereocenters. The Hall–Kier alpha value is -2.47. The molecule has 0 bridgehead atoms. The van der Waals surface area contributed by atoms with Gasteiger partial charge < -0.3 is 0 Å². The Morgan fingerprint density at radius 1 is 0.514 bits per heavy atom. The van der Waals surface area contributed by atoms with Gasteiger partial charge in [0.05, 0.1) is 10.9 Å². The van der Waals surface area contributed by atoms with Crippen LogP contribution < -0.4 is 0 Å². The lowest BCUT2D eigenvalue weighted by atomic mass is 10.1. The van der Waals surface area contributed by atoms with Crippen molar-refractivity contribution in [3.63, 3.8) is 0 Å². The first kappa shape index (κ1) is 24.2. The van der Waals surface area contributed by atoms with Crippen molar-refractivity contribution in [2.24, 2.45) is 0 Å². The van der Waals surface area contributed by atoms with Crippen molar-refractivity contribution in [3.8, 4) is 11.1 Å². The maximum Gasteiger partial charge on any atom is 0.166 e. The van der Waals surface area contributed by atoms with E-state index in [9.17, 15) is 0 Å². The number of rotatable bonds is 6. The van der Waals surface area contributed by atoms with Crippen molar-refractivity contribution < 1.29 is 0 Å². The minimum atomic E-state index is -0.122. The second-order valence-corrected chi connectivity index (χ2v) is 12.8. The summed E-state index contributed by atoms with van der Waals surface area (Å²) >= 11 is 4.22. The minimum absolute atomic E-state index is 0.122. The molecule has 0 aliphatic heterocycles. The average molecular weight is 602 g/mol. The summed E-state index contributed by atoms with van der Waals surface area (Å²) in [5, 5.41) is 0. The average Bonchev–Trinajstić information content (AvgIpc) is 2.88. The Balaban J connectivity index is 1.38. The maximum atomic E-state index is 2.41. The smallest absolute Gasteiger partial charge is 0.0901 e. The molecular formula is C32H26IS2+. The Morgan fingerprint density at radius 3 is 1.43 bits per heavy atom. The van der Waals surface area contributed by atoms with E-state index < -0.39 is 0 Å². The van der Waals surface area contributed by atoms with Gasteiger partial charge in [0.25, 0.3) is 0 Å². The van der Waals surface area contributed by atoms with Crippen LogP contribution in [0.4, 0.5) is 0 Å². The van der Waals surface area contributed by atoms with Gasteiger partial charge in [-0.1, -0.05) is 77.5 Å². The van der Waals surface area contributed by atoms with Crippen molar-refractivity contribution in [2.45, 2.75) is 38.3 Å². The molecule has 0 N–H and O–H groups in total. The fourth-order valence-electron chi connectivity index (χ4n) is 3.93. The lowest BCUT2D eigenvalue weighted by Crippen LogP contribution is -2.04. The first-order valence-corrected chi connectivity index (χ1v) is 14.7. The Morgan fingerprint density at radius 2 is 0.943 bits per heavy atom. The van der Waals surface area contributed by atoms with E-state index in [1.165, 1.54) is 50.3 Å². The highest BCUT2D eigenvalue weighted by Gasteiger charge is 2.28. The van der Waals surface area contributed by atoms with Crippen molar-refractivity contribution in [1.29, 1.82) is 0 Å². The van der Waals surface area contributed by atoms with Crippen molar-refractivity contribution in [3.05, 3.63) is 136 Å². The standard InChI is InChI=1S/C32H26IS2/c1-23-7-17-28(18-8-23)35(29-19-9-24(2)10-20-29)30-21-15-27(16-22-30)34-26-13-11-25(12-14-26)31-5-3-4-6-32(31)33/h3-22H,1-2H3/q+1. The van der Waals surface area contributed by atoms with Crippen LogP contribution >= 0.6 is 34.4 Å². The predicted molar refractivity (Wildman–Crippen MR) is 160 cm³/mol. The summed E-state index contributed by atoms with van der Waals surface area (Å²) in [6, 6.07) is 44.5. The summed E-state index contributed by atoms with van der Waals surface area (Å²) in [6.45, 7) is 4.29. The lowest BCUT2D eigenvalue weighted by Gasteiger charge is -2.10. The Labute approximate surface area is 229 Å². The lowest BCUT2D eigenvalue weighted by molar-refractivity contribution is 1.27. The van der Waals surface area contributed by atoms with E-state index in [1.807, 2.05) is 11.8 Å². The number of hydrogen-bond donors (Lipinski definition) is 0. The van der Waals surface area contributed by atoms with Gasteiger partial charge in [-0.2, -0.15) is 0 Å². The van der Waals surface area contributed by atoms with Crippen LogP contribution in [0.5, 0.6) is 0 Å². The van der Waals surface area contributed by atoms with Crippen LogP contribution in [0.2, 0.25) is 0 Å². The van der Waals surface area contributed by atoms with Gasteiger partial charge >= 0.3 is 0 Å². The summed E-state index contributed by atoms with van der Waals surface area (Å²) in [4.78, 5) is 6.56. The molecule has 5 rings (SSSR count).